The van der Waals surface area contributed by atoms with Crippen LogP contribution in [0.1, 0.15) is 106 Å². The minimum atomic E-state index is -0.285. The van der Waals surface area contributed by atoms with Crippen LogP contribution in [0.15, 0.2) is 150 Å². The van der Waals surface area contributed by atoms with Crippen molar-refractivity contribution in [2.75, 3.05) is 0 Å². The first-order valence-electron chi connectivity index (χ1n) is 18.8. The largest absolute Gasteiger partial charge is 0.0619 e. The molecule has 0 saturated carbocycles. The SMILES string of the molecule is Cc1c(Br)c(C)c(CC23c4ccccc4C(c4ccccc42)c2ccccc23)c(C)c1CC12c3ccccc3C(c3ccccc31)c1ccccc12. The fourth-order valence-corrected chi connectivity index (χ4v) is 12.1. The Morgan fingerprint density at radius 1 is 0.365 bits per heavy atom. The van der Waals surface area contributed by atoms with Crippen LogP contribution >= 0.6 is 15.9 Å². The van der Waals surface area contributed by atoms with Gasteiger partial charge in [-0.25, -0.2) is 0 Å². The Labute approximate surface area is 315 Å². The highest BCUT2D eigenvalue weighted by atomic mass is 79.9. The van der Waals surface area contributed by atoms with Crippen molar-refractivity contribution in [3.8, 4) is 0 Å². The van der Waals surface area contributed by atoms with Gasteiger partial charge in [-0.15, -0.1) is 0 Å². The van der Waals surface area contributed by atoms with Gasteiger partial charge in [0.15, 0.2) is 0 Å². The van der Waals surface area contributed by atoms with Gasteiger partial charge in [0.25, 0.3) is 0 Å². The Bertz CT molecular complexity index is 2250. The van der Waals surface area contributed by atoms with Crippen molar-refractivity contribution in [1.29, 1.82) is 0 Å². The Kier molecular flexibility index (Phi) is 6.35. The lowest BCUT2D eigenvalue weighted by Gasteiger charge is -2.52. The maximum Gasteiger partial charge on any atom is 0.0500 e. The van der Waals surface area contributed by atoms with E-state index in [9.17, 15) is 0 Å². The third kappa shape index (κ3) is 3.63. The van der Waals surface area contributed by atoms with E-state index in [1.165, 1.54) is 99.1 Å². The minimum absolute atomic E-state index is 0.272. The van der Waals surface area contributed by atoms with Crippen LogP contribution in [0.25, 0.3) is 0 Å². The van der Waals surface area contributed by atoms with Crippen LogP contribution in [0.3, 0.4) is 0 Å². The topological polar surface area (TPSA) is 0 Å². The normalized spacial score (nSPS) is 22.2. The molecule has 7 aromatic rings. The van der Waals surface area contributed by atoms with Crippen molar-refractivity contribution in [3.63, 3.8) is 0 Å². The van der Waals surface area contributed by atoms with E-state index in [2.05, 4.69) is 182 Å². The second-order valence-corrected chi connectivity index (χ2v) is 16.5. The summed E-state index contributed by atoms with van der Waals surface area (Å²) in [5, 5.41) is 0. The summed E-state index contributed by atoms with van der Waals surface area (Å²) in [5.41, 5.74) is 24.1. The summed E-state index contributed by atoms with van der Waals surface area (Å²) in [6.07, 6.45) is 1.82. The molecule has 0 unspecified atom stereocenters. The molecule has 0 saturated heterocycles. The van der Waals surface area contributed by atoms with Crippen LogP contribution in [-0.4, -0.2) is 0 Å². The summed E-state index contributed by atoms with van der Waals surface area (Å²) < 4.78 is 1.25. The maximum absolute atomic E-state index is 4.23. The average Bonchev–Trinajstić information content (AvgIpc) is 3.20. The van der Waals surface area contributed by atoms with E-state index in [4.69, 9.17) is 0 Å². The van der Waals surface area contributed by atoms with Crippen LogP contribution in [0.2, 0.25) is 0 Å². The van der Waals surface area contributed by atoms with E-state index in [0.29, 0.717) is 0 Å². The highest BCUT2D eigenvalue weighted by Crippen LogP contribution is 2.62. The summed E-state index contributed by atoms with van der Waals surface area (Å²) in [5.74, 6) is 0.544. The van der Waals surface area contributed by atoms with Crippen molar-refractivity contribution in [2.24, 2.45) is 0 Å². The molecule has 6 aliphatic carbocycles. The van der Waals surface area contributed by atoms with E-state index < -0.39 is 0 Å². The van der Waals surface area contributed by atoms with Gasteiger partial charge >= 0.3 is 0 Å². The number of rotatable bonds is 4. The van der Waals surface area contributed by atoms with Gasteiger partial charge < -0.3 is 0 Å². The van der Waals surface area contributed by atoms with Crippen LogP contribution in [0, 0.1) is 20.8 Å². The standard InChI is InChI=1S/C51H39Br/c1-30-39(28-50-41-22-10-4-16-33(41)47(34-17-5-11-23-42(34)50)35-18-6-12-24-43(35)50)31(2)49(52)32(3)40(30)29-51-44-25-13-7-19-36(44)48(37-20-8-14-26-45(37)51)38-21-9-15-27-46(38)51/h4-27,47-48H,28-29H2,1-3H3. The van der Waals surface area contributed by atoms with Crippen molar-refractivity contribution in [3.05, 3.63) is 245 Å². The number of halogens is 1. The van der Waals surface area contributed by atoms with Gasteiger partial charge in [0.1, 0.15) is 0 Å². The molecule has 52 heavy (non-hydrogen) atoms. The summed E-state index contributed by atoms with van der Waals surface area (Å²) in [4.78, 5) is 0. The van der Waals surface area contributed by atoms with Crippen LogP contribution in [-0.2, 0) is 23.7 Å². The minimum Gasteiger partial charge on any atom is -0.0619 e. The monoisotopic (exact) mass is 730 g/mol. The second kappa shape index (κ2) is 10.8. The Hall–Kier alpha value is -4.98. The lowest BCUT2D eigenvalue weighted by molar-refractivity contribution is 0.529. The zero-order valence-corrected chi connectivity index (χ0v) is 31.4. The molecule has 0 radical (unpaired) electrons. The first-order valence-corrected chi connectivity index (χ1v) is 19.6. The van der Waals surface area contributed by atoms with Crippen LogP contribution in [0.5, 0.6) is 0 Å². The van der Waals surface area contributed by atoms with Gasteiger partial charge in [0.05, 0.1) is 10.8 Å². The van der Waals surface area contributed by atoms with Gasteiger partial charge in [0.2, 0.25) is 0 Å². The predicted octanol–water partition coefficient (Wildman–Crippen LogP) is 12.1. The van der Waals surface area contributed by atoms with E-state index in [1.807, 2.05) is 0 Å². The van der Waals surface area contributed by atoms with Crippen molar-refractivity contribution in [1.82, 2.24) is 0 Å². The van der Waals surface area contributed by atoms with Crippen LogP contribution < -0.4 is 0 Å². The van der Waals surface area contributed by atoms with E-state index in [1.54, 1.807) is 0 Å². The second-order valence-electron chi connectivity index (χ2n) is 15.7. The fraction of sp³-hybridized carbons (Fsp3) is 0.176. The molecule has 6 aliphatic rings. The molecule has 0 atom stereocenters. The van der Waals surface area contributed by atoms with E-state index in [-0.39, 0.29) is 22.7 Å². The molecule has 0 N–H and O–H groups in total. The lowest BCUT2D eigenvalue weighted by Crippen LogP contribution is -2.44. The highest BCUT2D eigenvalue weighted by molar-refractivity contribution is 9.10. The maximum atomic E-state index is 4.23. The number of benzene rings is 7. The van der Waals surface area contributed by atoms with Gasteiger partial charge in [-0.05, 0) is 128 Å². The molecule has 0 nitrogen and oxygen atoms in total. The number of hydrogen-bond acceptors (Lipinski definition) is 0. The summed E-state index contributed by atoms with van der Waals surface area (Å²) in [6, 6.07) is 55.9. The Morgan fingerprint density at radius 2 is 0.596 bits per heavy atom. The molecule has 0 spiro atoms. The summed E-state index contributed by atoms with van der Waals surface area (Å²) >= 11 is 4.23. The van der Waals surface area contributed by atoms with Gasteiger partial charge in [-0.2, -0.15) is 0 Å². The number of hydrogen-bond donors (Lipinski definition) is 0. The zero-order chi connectivity index (χ0) is 34.9. The predicted molar refractivity (Wildman–Crippen MR) is 216 cm³/mol. The molecule has 0 aromatic heterocycles. The third-order valence-electron chi connectivity index (χ3n) is 13.7. The molecule has 7 aromatic carbocycles. The molecule has 0 amide bonds. The van der Waals surface area contributed by atoms with Crippen LogP contribution in [0.4, 0.5) is 0 Å². The summed E-state index contributed by atoms with van der Waals surface area (Å²) in [6.45, 7) is 7.13. The summed E-state index contributed by atoms with van der Waals surface area (Å²) in [7, 11) is 0. The molecule has 1 heteroatoms. The quantitative estimate of drug-likeness (QED) is 0.169. The Morgan fingerprint density at radius 3 is 0.846 bits per heavy atom. The molecular weight excluding hydrogens is 692 g/mol. The average molecular weight is 732 g/mol. The van der Waals surface area contributed by atoms with Gasteiger partial charge in [-0.3, -0.25) is 0 Å². The van der Waals surface area contributed by atoms with E-state index in [0.717, 1.165) is 12.8 Å². The van der Waals surface area contributed by atoms with Gasteiger partial charge in [-0.1, -0.05) is 162 Å². The van der Waals surface area contributed by atoms with Crippen molar-refractivity contribution < 1.29 is 0 Å². The highest BCUT2D eigenvalue weighted by Gasteiger charge is 2.53. The molecule has 13 rings (SSSR count). The van der Waals surface area contributed by atoms with Crippen molar-refractivity contribution >= 4 is 15.9 Å². The smallest absolute Gasteiger partial charge is 0.0500 e. The Balaban J connectivity index is 1.18. The zero-order valence-electron chi connectivity index (χ0n) is 29.8. The van der Waals surface area contributed by atoms with Crippen molar-refractivity contribution in [2.45, 2.75) is 56.3 Å². The first-order chi connectivity index (χ1) is 25.5. The van der Waals surface area contributed by atoms with Gasteiger partial charge in [0, 0.05) is 16.3 Å². The molecule has 0 fully saturated rings. The third-order valence-corrected chi connectivity index (χ3v) is 14.9. The molecule has 4 bridgehead atoms. The molecular formula is C51H39Br. The molecule has 0 aliphatic heterocycles. The lowest BCUT2D eigenvalue weighted by atomic mass is 9.50. The first kappa shape index (κ1) is 30.6. The van der Waals surface area contributed by atoms with E-state index >= 15 is 0 Å². The molecule has 0 heterocycles. The molecule has 250 valence electrons. The fourth-order valence-electron chi connectivity index (χ4n) is 11.6.